The van der Waals surface area contributed by atoms with Crippen molar-refractivity contribution >= 4 is 23.6 Å². The minimum absolute atomic E-state index is 0.0532. The van der Waals surface area contributed by atoms with Gasteiger partial charge in [0, 0.05) is 7.05 Å². The van der Waals surface area contributed by atoms with E-state index < -0.39 is 5.97 Å². The van der Waals surface area contributed by atoms with E-state index in [-0.39, 0.29) is 5.91 Å². The maximum absolute atomic E-state index is 10.8. The third kappa shape index (κ3) is 1.74. The molecule has 5 heteroatoms. The number of carbonyl (C=O) groups is 2. The summed E-state index contributed by atoms with van der Waals surface area (Å²) in [5, 5.41) is 8.85. The molecule has 0 spiro atoms. The lowest BCUT2D eigenvalue weighted by Crippen LogP contribution is -2.19. The average molecular weight is 173 g/mol. The van der Waals surface area contributed by atoms with Gasteiger partial charge in [-0.05, 0) is 0 Å². The van der Waals surface area contributed by atoms with Crippen LogP contribution in [0.1, 0.15) is 0 Å². The van der Waals surface area contributed by atoms with Gasteiger partial charge in [0.05, 0.1) is 16.9 Å². The third-order valence-corrected chi connectivity index (χ3v) is 2.37. The summed E-state index contributed by atoms with van der Waals surface area (Å²) in [4.78, 5) is 22.4. The topological polar surface area (TPSA) is 57.6 Å². The Morgan fingerprint density at radius 1 is 1.82 bits per heavy atom. The van der Waals surface area contributed by atoms with Crippen LogP contribution in [-0.2, 0) is 9.59 Å². The van der Waals surface area contributed by atoms with Crippen LogP contribution in [-0.4, -0.2) is 34.7 Å². The molecule has 11 heavy (non-hydrogen) atoms. The van der Waals surface area contributed by atoms with Gasteiger partial charge in [-0.3, -0.25) is 4.79 Å². The zero-order valence-corrected chi connectivity index (χ0v) is 6.72. The first-order chi connectivity index (χ1) is 5.11. The molecule has 1 rings (SSSR count). The first-order valence-electron chi connectivity index (χ1n) is 2.95. The van der Waals surface area contributed by atoms with Crippen LogP contribution in [0.3, 0.4) is 0 Å². The lowest BCUT2D eigenvalue weighted by Gasteiger charge is -2.06. The average Bonchev–Trinajstić information content (AvgIpc) is 2.18. The molecule has 0 aromatic heterocycles. The van der Waals surface area contributed by atoms with Crippen LogP contribution in [0, 0.1) is 0 Å². The van der Waals surface area contributed by atoms with E-state index in [0.29, 0.717) is 10.8 Å². The maximum atomic E-state index is 10.8. The van der Waals surface area contributed by atoms with Gasteiger partial charge in [-0.15, -0.1) is 0 Å². The Kier molecular flexibility index (Phi) is 2.19. The molecule has 0 bridgehead atoms. The van der Waals surface area contributed by atoms with Crippen LogP contribution < -0.4 is 0 Å². The van der Waals surface area contributed by atoms with Crippen LogP contribution in [0.5, 0.6) is 0 Å². The fourth-order valence-electron chi connectivity index (χ4n) is 0.696. The fourth-order valence-corrected chi connectivity index (χ4v) is 1.64. The minimum atomic E-state index is -1.02. The maximum Gasteiger partial charge on any atom is 0.330 e. The zero-order valence-electron chi connectivity index (χ0n) is 5.90. The number of thioether (sulfide) groups is 1. The first kappa shape index (κ1) is 8.13. The smallest absolute Gasteiger partial charge is 0.330 e. The largest absolute Gasteiger partial charge is 0.478 e. The van der Waals surface area contributed by atoms with E-state index in [1.54, 1.807) is 7.05 Å². The Bertz CT molecular complexity index is 236. The molecule has 0 atom stereocenters. The molecule has 1 saturated heterocycles. The van der Waals surface area contributed by atoms with Crippen molar-refractivity contribution in [3.05, 3.63) is 11.1 Å². The summed E-state index contributed by atoms with van der Waals surface area (Å²) in [6.07, 6.45) is 1.04. The molecule has 0 unspecified atom stereocenters. The first-order valence-corrected chi connectivity index (χ1v) is 3.94. The molecule has 0 radical (unpaired) electrons. The Morgan fingerprint density at radius 3 is 2.82 bits per heavy atom. The Labute approximate surface area is 67.9 Å². The van der Waals surface area contributed by atoms with Crippen LogP contribution >= 0.6 is 11.8 Å². The van der Waals surface area contributed by atoms with Crippen molar-refractivity contribution in [1.82, 2.24) is 4.90 Å². The summed E-state index contributed by atoms with van der Waals surface area (Å²) >= 11 is 1.24. The molecule has 0 aliphatic carbocycles. The molecule has 1 amide bonds. The van der Waals surface area contributed by atoms with Gasteiger partial charge in [-0.2, -0.15) is 0 Å². The summed E-state index contributed by atoms with van der Waals surface area (Å²) in [5.41, 5.74) is 0. The summed E-state index contributed by atoms with van der Waals surface area (Å²) in [5.74, 6) is -0.730. The molecule has 0 aromatic carbocycles. The summed E-state index contributed by atoms with van der Waals surface area (Å²) < 4.78 is 0. The van der Waals surface area contributed by atoms with Crippen molar-refractivity contribution in [2.75, 3.05) is 12.8 Å². The van der Waals surface area contributed by atoms with Crippen LogP contribution in [0.4, 0.5) is 0 Å². The molecule has 1 heterocycles. The Hall–Kier alpha value is -0.970. The lowest BCUT2D eigenvalue weighted by atomic mass is 10.5. The predicted molar refractivity (Wildman–Crippen MR) is 40.9 cm³/mol. The normalized spacial score (nSPS) is 21.4. The van der Waals surface area contributed by atoms with Gasteiger partial charge in [0.2, 0.25) is 5.91 Å². The number of carbonyl (C=O) groups excluding carboxylic acids is 1. The monoisotopic (exact) mass is 173 g/mol. The van der Waals surface area contributed by atoms with Crippen molar-refractivity contribution < 1.29 is 14.7 Å². The number of hydrogen-bond donors (Lipinski definition) is 1. The van der Waals surface area contributed by atoms with Crippen LogP contribution in [0.25, 0.3) is 0 Å². The highest BCUT2D eigenvalue weighted by molar-refractivity contribution is 8.04. The molecule has 1 aliphatic rings. The number of amides is 1. The lowest BCUT2D eigenvalue weighted by molar-refractivity contribution is -0.131. The van der Waals surface area contributed by atoms with Gasteiger partial charge >= 0.3 is 5.97 Å². The number of hydrogen-bond acceptors (Lipinski definition) is 3. The number of rotatable bonds is 1. The number of aliphatic carboxylic acids is 1. The molecule has 4 nitrogen and oxygen atoms in total. The van der Waals surface area contributed by atoms with Gasteiger partial charge in [0.25, 0.3) is 0 Å². The number of carboxylic acid groups (broad SMARTS) is 1. The molecule has 0 aromatic rings. The number of nitrogens with zero attached hydrogens (tertiary/aromatic N) is 1. The molecule has 1 N–H and O–H groups in total. The van der Waals surface area contributed by atoms with Gasteiger partial charge < -0.3 is 10.0 Å². The van der Waals surface area contributed by atoms with Crippen molar-refractivity contribution in [2.24, 2.45) is 0 Å². The zero-order chi connectivity index (χ0) is 8.43. The van der Waals surface area contributed by atoms with Crippen molar-refractivity contribution in [2.45, 2.75) is 0 Å². The van der Waals surface area contributed by atoms with Crippen molar-refractivity contribution in [3.8, 4) is 0 Å². The fraction of sp³-hybridized carbons (Fsp3) is 0.333. The summed E-state index contributed by atoms with van der Waals surface area (Å²) in [6, 6.07) is 0. The second-order valence-electron chi connectivity index (χ2n) is 2.06. The quantitative estimate of drug-likeness (QED) is 0.572. The standard InChI is InChI=1S/C6H7NO3S/c1-7-4(8)3-11-5(7)2-6(9)10/h2H,3H2,1H3,(H,9,10)/b5-2+. The van der Waals surface area contributed by atoms with E-state index in [9.17, 15) is 9.59 Å². The summed E-state index contributed by atoms with van der Waals surface area (Å²) in [6.45, 7) is 0. The van der Waals surface area contributed by atoms with E-state index in [4.69, 9.17) is 5.11 Å². The highest BCUT2D eigenvalue weighted by atomic mass is 32.2. The molecule has 1 aliphatic heterocycles. The molecular formula is C6H7NO3S. The molecule has 1 fully saturated rings. The molecule has 0 saturated carbocycles. The third-order valence-electron chi connectivity index (χ3n) is 1.30. The van der Waals surface area contributed by atoms with E-state index in [1.807, 2.05) is 0 Å². The van der Waals surface area contributed by atoms with E-state index in [0.717, 1.165) is 6.08 Å². The number of carboxylic acids is 1. The van der Waals surface area contributed by atoms with E-state index in [2.05, 4.69) is 0 Å². The van der Waals surface area contributed by atoms with Gasteiger partial charge in [0.1, 0.15) is 0 Å². The van der Waals surface area contributed by atoms with Gasteiger partial charge in [-0.25, -0.2) is 4.79 Å². The SMILES string of the molecule is CN1C(=O)CS/C1=C/C(=O)O. The van der Waals surface area contributed by atoms with Crippen molar-refractivity contribution in [3.63, 3.8) is 0 Å². The Morgan fingerprint density at radius 2 is 2.45 bits per heavy atom. The molecule has 60 valence electrons. The van der Waals surface area contributed by atoms with Crippen LogP contribution in [0.15, 0.2) is 11.1 Å². The summed E-state index contributed by atoms with van der Waals surface area (Å²) in [7, 11) is 1.57. The second kappa shape index (κ2) is 2.96. The van der Waals surface area contributed by atoms with Crippen LogP contribution in [0.2, 0.25) is 0 Å². The minimum Gasteiger partial charge on any atom is -0.478 e. The van der Waals surface area contributed by atoms with E-state index in [1.165, 1.54) is 16.7 Å². The Balaban J connectivity index is 2.76. The highest BCUT2D eigenvalue weighted by Crippen LogP contribution is 2.26. The second-order valence-corrected chi connectivity index (χ2v) is 3.06. The van der Waals surface area contributed by atoms with E-state index >= 15 is 0 Å². The predicted octanol–water partition coefficient (Wildman–Crippen LogP) is 0.118. The highest BCUT2D eigenvalue weighted by Gasteiger charge is 2.22. The van der Waals surface area contributed by atoms with Gasteiger partial charge in [0.15, 0.2) is 0 Å². The van der Waals surface area contributed by atoms with Crippen molar-refractivity contribution in [1.29, 1.82) is 0 Å². The van der Waals surface area contributed by atoms with Gasteiger partial charge in [-0.1, -0.05) is 11.8 Å². The molecular weight excluding hydrogens is 166 g/mol.